The van der Waals surface area contributed by atoms with Crippen molar-refractivity contribution in [1.29, 1.82) is 0 Å². The van der Waals surface area contributed by atoms with Crippen molar-refractivity contribution in [3.63, 3.8) is 0 Å². The average Bonchev–Trinajstić information content (AvgIpc) is 3.34. The second kappa shape index (κ2) is 9.39. The summed E-state index contributed by atoms with van der Waals surface area (Å²) in [5, 5.41) is 3.97. The highest BCUT2D eigenvalue weighted by Gasteiger charge is 2.26. The largest absolute Gasteiger partial charge is 0.354 e. The van der Waals surface area contributed by atoms with Gasteiger partial charge in [0.2, 0.25) is 5.95 Å². The molecule has 1 aliphatic carbocycles. The molecule has 3 aromatic rings. The van der Waals surface area contributed by atoms with Gasteiger partial charge in [-0.3, -0.25) is 18.8 Å². The minimum Gasteiger partial charge on any atom is -0.354 e. The highest BCUT2D eigenvalue weighted by atomic mass is 31.0. The van der Waals surface area contributed by atoms with Crippen molar-refractivity contribution >= 4 is 43.7 Å². The molecule has 1 saturated heterocycles. The number of carbonyl (C=O) groups is 1. The number of aryl methyl sites for hydroxylation is 1. The smallest absolute Gasteiger partial charge is 0.263 e. The van der Waals surface area contributed by atoms with Crippen LogP contribution in [-0.2, 0) is 0 Å². The summed E-state index contributed by atoms with van der Waals surface area (Å²) >= 11 is 0. The molecule has 5 rings (SSSR count). The Labute approximate surface area is 200 Å². The van der Waals surface area contributed by atoms with Crippen LogP contribution in [0.5, 0.6) is 0 Å². The summed E-state index contributed by atoms with van der Waals surface area (Å²) in [6.45, 7) is 7.11. The molecule has 0 aromatic carbocycles. The van der Waals surface area contributed by atoms with Gasteiger partial charge in [0.05, 0.1) is 17.4 Å². The maximum atomic E-state index is 13.4. The fourth-order valence-corrected chi connectivity index (χ4v) is 5.27. The van der Waals surface area contributed by atoms with E-state index in [1.54, 1.807) is 23.9 Å². The number of anilines is 3. The van der Waals surface area contributed by atoms with E-state index < -0.39 is 0 Å². The Bertz CT molecular complexity index is 1280. The fraction of sp³-hybridized carbons (Fsp3) is 0.458. The number of hydrogen-bond donors (Lipinski definition) is 1. The predicted octanol–water partition coefficient (Wildman–Crippen LogP) is 3.47. The molecule has 1 N–H and O–H groups in total. The summed E-state index contributed by atoms with van der Waals surface area (Å²) in [4.78, 5) is 41.7. The summed E-state index contributed by atoms with van der Waals surface area (Å²) in [7, 11) is 2.75. The molecule has 10 heteroatoms. The SMILES string of the molecule is CC(=O)c1c(C)c2cnc(Nc3ccc(N4CCN(P)CC4)nc3)nc2n(C2CCCC2)c1=O. The number of pyridine rings is 2. The van der Waals surface area contributed by atoms with Crippen LogP contribution in [0.1, 0.15) is 54.6 Å². The molecule has 0 radical (unpaired) electrons. The van der Waals surface area contributed by atoms with E-state index in [0.717, 1.165) is 68.8 Å². The third kappa shape index (κ3) is 4.30. The van der Waals surface area contributed by atoms with E-state index in [1.807, 2.05) is 12.1 Å². The number of aromatic nitrogens is 4. The molecule has 178 valence electrons. The fourth-order valence-electron chi connectivity index (χ4n) is 5.04. The number of rotatable bonds is 5. The number of Topliss-reactive ketones (excluding diaryl/α,β-unsaturated/α-hetero) is 1. The predicted molar refractivity (Wildman–Crippen MR) is 137 cm³/mol. The van der Waals surface area contributed by atoms with Crippen LogP contribution in [0.25, 0.3) is 11.0 Å². The normalized spacial score (nSPS) is 17.4. The standard InChI is InChI=1S/C24H30N7O2P/c1-15-19-14-26-24(27-17-7-8-20(25-13-17)29-9-11-30(34)12-10-29)28-22(19)31(18-5-3-4-6-18)23(33)21(15)16(2)32/h7-8,13-14,18H,3-6,9-12,34H2,1-2H3,(H,26,27,28). The molecule has 3 aromatic heterocycles. The molecular weight excluding hydrogens is 449 g/mol. The van der Waals surface area contributed by atoms with Gasteiger partial charge in [0.15, 0.2) is 5.78 Å². The van der Waals surface area contributed by atoms with Gasteiger partial charge >= 0.3 is 0 Å². The van der Waals surface area contributed by atoms with Crippen LogP contribution < -0.4 is 15.8 Å². The number of nitrogens with zero attached hydrogens (tertiary/aromatic N) is 6. The van der Waals surface area contributed by atoms with E-state index in [0.29, 0.717) is 17.2 Å². The first-order valence-corrected chi connectivity index (χ1v) is 12.3. The topological polar surface area (TPSA) is 96.2 Å². The third-order valence-corrected chi connectivity index (χ3v) is 7.41. The highest BCUT2D eigenvalue weighted by molar-refractivity contribution is 7.13. The van der Waals surface area contributed by atoms with Crippen molar-refractivity contribution in [3.8, 4) is 0 Å². The Morgan fingerprint density at radius 2 is 1.82 bits per heavy atom. The summed E-state index contributed by atoms with van der Waals surface area (Å²) in [6, 6.07) is 4.02. The van der Waals surface area contributed by atoms with E-state index in [-0.39, 0.29) is 22.9 Å². The van der Waals surface area contributed by atoms with Crippen molar-refractivity contribution in [2.24, 2.45) is 0 Å². The van der Waals surface area contributed by atoms with Gasteiger partial charge in [-0.05, 0) is 44.4 Å². The minimum absolute atomic E-state index is 0.0550. The Kier molecular flexibility index (Phi) is 6.32. The maximum Gasteiger partial charge on any atom is 0.263 e. The van der Waals surface area contributed by atoms with E-state index >= 15 is 0 Å². The average molecular weight is 480 g/mol. The van der Waals surface area contributed by atoms with Gasteiger partial charge in [0.25, 0.3) is 5.56 Å². The summed E-state index contributed by atoms with van der Waals surface area (Å²) in [5.41, 5.74) is 2.00. The highest BCUT2D eigenvalue weighted by Crippen LogP contribution is 2.32. The number of nitrogens with one attached hydrogen (secondary N) is 1. The molecule has 1 unspecified atom stereocenters. The molecule has 2 aliphatic rings. The van der Waals surface area contributed by atoms with E-state index in [9.17, 15) is 9.59 Å². The monoisotopic (exact) mass is 479 g/mol. The molecule has 34 heavy (non-hydrogen) atoms. The summed E-state index contributed by atoms with van der Waals surface area (Å²) in [6.07, 6.45) is 7.47. The van der Waals surface area contributed by atoms with E-state index in [2.05, 4.69) is 34.2 Å². The molecule has 0 amide bonds. The Morgan fingerprint density at radius 3 is 2.47 bits per heavy atom. The summed E-state index contributed by atoms with van der Waals surface area (Å²) in [5.74, 6) is 1.13. The van der Waals surface area contributed by atoms with E-state index in [4.69, 9.17) is 4.98 Å². The van der Waals surface area contributed by atoms with Gasteiger partial charge in [-0.1, -0.05) is 22.2 Å². The number of piperazine rings is 1. The van der Waals surface area contributed by atoms with Gasteiger partial charge in [-0.2, -0.15) is 4.98 Å². The number of fused-ring (bicyclic) bond motifs is 1. The molecule has 1 saturated carbocycles. The zero-order chi connectivity index (χ0) is 23.8. The Morgan fingerprint density at radius 1 is 1.09 bits per heavy atom. The molecule has 9 nitrogen and oxygen atoms in total. The second-order valence-corrected chi connectivity index (χ2v) is 9.88. The first-order chi connectivity index (χ1) is 16.4. The number of ketones is 1. The molecule has 2 fully saturated rings. The van der Waals surface area contributed by atoms with Gasteiger partial charge in [-0.15, -0.1) is 0 Å². The quantitative estimate of drug-likeness (QED) is 0.439. The van der Waals surface area contributed by atoms with Crippen LogP contribution >= 0.6 is 9.39 Å². The van der Waals surface area contributed by atoms with Gasteiger partial charge < -0.3 is 10.2 Å². The van der Waals surface area contributed by atoms with Crippen LogP contribution in [0.3, 0.4) is 0 Å². The van der Waals surface area contributed by atoms with Crippen molar-refractivity contribution in [1.82, 2.24) is 24.2 Å². The van der Waals surface area contributed by atoms with Crippen molar-refractivity contribution in [2.75, 3.05) is 36.4 Å². The molecule has 1 aliphatic heterocycles. The lowest BCUT2D eigenvalue weighted by molar-refractivity contribution is 0.101. The molecule has 4 heterocycles. The minimum atomic E-state index is -0.245. The molecule has 0 spiro atoms. The van der Waals surface area contributed by atoms with Crippen LogP contribution in [0.15, 0.2) is 29.3 Å². The van der Waals surface area contributed by atoms with Gasteiger partial charge in [0.1, 0.15) is 11.5 Å². The van der Waals surface area contributed by atoms with Crippen LogP contribution in [0.4, 0.5) is 17.5 Å². The van der Waals surface area contributed by atoms with Gasteiger partial charge in [0, 0.05) is 43.8 Å². The zero-order valence-corrected chi connectivity index (χ0v) is 20.8. The van der Waals surface area contributed by atoms with Crippen molar-refractivity contribution < 1.29 is 4.79 Å². The van der Waals surface area contributed by atoms with Gasteiger partial charge in [-0.25, -0.2) is 9.97 Å². The molecule has 0 bridgehead atoms. The lowest BCUT2D eigenvalue weighted by atomic mass is 10.0. The Balaban J connectivity index is 1.48. The Hall–Kier alpha value is -2.90. The third-order valence-electron chi connectivity index (χ3n) is 6.89. The van der Waals surface area contributed by atoms with Crippen molar-refractivity contribution in [2.45, 2.75) is 45.6 Å². The molecule has 1 atom stereocenters. The number of hydrogen-bond acceptors (Lipinski definition) is 8. The molecular formula is C24H30N7O2P. The van der Waals surface area contributed by atoms with Crippen LogP contribution in [-0.4, -0.2) is 56.2 Å². The zero-order valence-electron chi connectivity index (χ0n) is 19.6. The number of carbonyl (C=O) groups excluding carboxylic acids is 1. The van der Waals surface area contributed by atoms with Crippen LogP contribution in [0.2, 0.25) is 0 Å². The van der Waals surface area contributed by atoms with Crippen molar-refractivity contribution in [3.05, 3.63) is 46.0 Å². The van der Waals surface area contributed by atoms with E-state index in [1.165, 1.54) is 6.92 Å². The lowest BCUT2D eigenvalue weighted by Crippen LogP contribution is -2.42. The van der Waals surface area contributed by atoms with Crippen LogP contribution in [0, 0.1) is 6.92 Å². The second-order valence-electron chi connectivity index (χ2n) is 9.15. The lowest BCUT2D eigenvalue weighted by Gasteiger charge is -2.33. The first kappa shape index (κ1) is 22.9. The maximum absolute atomic E-state index is 13.4. The summed E-state index contributed by atoms with van der Waals surface area (Å²) < 4.78 is 3.96. The first-order valence-electron chi connectivity index (χ1n) is 11.8.